The number of anilines is 1. The predicted octanol–water partition coefficient (Wildman–Crippen LogP) is 2.42. The van der Waals surface area contributed by atoms with E-state index >= 15 is 0 Å². The van der Waals surface area contributed by atoms with Gasteiger partial charge in [-0.25, -0.2) is 8.78 Å². The van der Waals surface area contributed by atoms with Crippen LogP contribution < -0.4 is 4.90 Å². The minimum Gasteiger partial charge on any atom is -0.372 e. The molecule has 0 atom stereocenters. The SMILES string of the molecule is CCN(C)c1cc(F)ccc1F. The van der Waals surface area contributed by atoms with E-state index in [0.29, 0.717) is 12.2 Å². The molecule has 0 fully saturated rings. The topological polar surface area (TPSA) is 3.24 Å². The Balaban J connectivity index is 3.04. The summed E-state index contributed by atoms with van der Waals surface area (Å²) in [4.78, 5) is 1.65. The molecule has 0 bridgehead atoms. The second-order valence-corrected chi connectivity index (χ2v) is 2.61. The van der Waals surface area contributed by atoms with Gasteiger partial charge in [0, 0.05) is 19.7 Å². The Bertz CT molecular complexity index is 273. The van der Waals surface area contributed by atoms with Crippen molar-refractivity contribution in [1.29, 1.82) is 0 Å². The highest BCUT2D eigenvalue weighted by atomic mass is 19.1. The first-order chi connectivity index (χ1) is 5.65. The predicted molar refractivity (Wildman–Crippen MR) is 45.3 cm³/mol. The van der Waals surface area contributed by atoms with Gasteiger partial charge in [-0.2, -0.15) is 0 Å². The van der Waals surface area contributed by atoms with Gasteiger partial charge in [0.05, 0.1) is 5.69 Å². The third-order valence-electron chi connectivity index (χ3n) is 1.79. The zero-order valence-electron chi connectivity index (χ0n) is 7.14. The van der Waals surface area contributed by atoms with Gasteiger partial charge in [-0.15, -0.1) is 0 Å². The maximum absolute atomic E-state index is 13.0. The molecule has 0 N–H and O–H groups in total. The van der Waals surface area contributed by atoms with Crippen LogP contribution in [0.3, 0.4) is 0 Å². The molecule has 0 aliphatic rings. The lowest BCUT2D eigenvalue weighted by molar-refractivity contribution is 0.597. The largest absolute Gasteiger partial charge is 0.372 e. The Kier molecular flexibility index (Phi) is 2.63. The van der Waals surface area contributed by atoms with Gasteiger partial charge < -0.3 is 4.90 Å². The van der Waals surface area contributed by atoms with Crippen LogP contribution in [0.4, 0.5) is 14.5 Å². The first-order valence-electron chi connectivity index (χ1n) is 3.81. The number of hydrogen-bond donors (Lipinski definition) is 0. The van der Waals surface area contributed by atoms with Gasteiger partial charge >= 0.3 is 0 Å². The van der Waals surface area contributed by atoms with Crippen LogP contribution in [-0.2, 0) is 0 Å². The quantitative estimate of drug-likeness (QED) is 0.660. The van der Waals surface area contributed by atoms with E-state index in [1.54, 1.807) is 11.9 Å². The van der Waals surface area contributed by atoms with E-state index in [9.17, 15) is 8.78 Å². The molecule has 0 radical (unpaired) electrons. The van der Waals surface area contributed by atoms with Gasteiger partial charge in [0.15, 0.2) is 0 Å². The highest BCUT2D eigenvalue weighted by Gasteiger charge is 2.06. The minimum absolute atomic E-state index is 0.303. The summed E-state index contributed by atoms with van der Waals surface area (Å²) in [5, 5.41) is 0. The molecule has 1 rings (SSSR count). The van der Waals surface area contributed by atoms with Crippen LogP contribution in [0.1, 0.15) is 6.92 Å². The fourth-order valence-electron chi connectivity index (χ4n) is 0.949. The lowest BCUT2D eigenvalue weighted by Gasteiger charge is -2.17. The van der Waals surface area contributed by atoms with Crippen LogP contribution in [0.25, 0.3) is 0 Å². The summed E-state index contributed by atoms with van der Waals surface area (Å²) in [6, 6.07) is 3.44. The molecule has 0 unspecified atom stereocenters. The highest BCUT2D eigenvalue weighted by molar-refractivity contribution is 5.46. The Morgan fingerprint density at radius 2 is 2.00 bits per heavy atom. The summed E-state index contributed by atoms with van der Waals surface area (Å²) in [5.74, 6) is -0.799. The van der Waals surface area contributed by atoms with E-state index in [1.165, 1.54) is 6.07 Å². The summed E-state index contributed by atoms with van der Waals surface area (Å²) in [5.41, 5.74) is 0.303. The smallest absolute Gasteiger partial charge is 0.146 e. The average Bonchev–Trinajstić information content (AvgIpc) is 2.08. The fourth-order valence-corrected chi connectivity index (χ4v) is 0.949. The van der Waals surface area contributed by atoms with E-state index in [1.807, 2.05) is 6.92 Å². The summed E-state index contributed by atoms with van der Waals surface area (Å²) in [6.45, 7) is 2.53. The Labute approximate surface area is 70.6 Å². The van der Waals surface area contributed by atoms with Crippen molar-refractivity contribution >= 4 is 5.69 Å². The molecule has 12 heavy (non-hydrogen) atoms. The van der Waals surface area contributed by atoms with Crippen LogP contribution in [0.5, 0.6) is 0 Å². The summed E-state index contributed by atoms with van der Waals surface area (Å²) < 4.78 is 25.6. The van der Waals surface area contributed by atoms with Crippen LogP contribution in [0, 0.1) is 11.6 Å². The summed E-state index contributed by atoms with van der Waals surface area (Å²) >= 11 is 0. The molecular weight excluding hydrogens is 160 g/mol. The molecular formula is C9H11F2N. The molecule has 66 valence electrons. The van der Waals surface area contributed by atoms with Crippen molar-refractivity contribution in [2.75, 3.05) is 18.5 Å². The Hall–Kier alpha value is -1.12. The number of rotatable bonds is 2. The zero-order chi connectivity index (χ0) is 9.14. The monoisotopic (exact) mass is 171 g/mol. The Morgan fingerprint density at radius 1 is 1.33 bits per heavy atom. The van der Waals surface area contributed by atoms with Crippen molar-refractivity contribution in [2.24, 2.45) is 0 Å². The van der Waals surface area contributed by atoms with Crippen molar-refractivity contribution in [1.82, 2.24) is 0 Å². The standard InChI is InChI=1S/C9H11F2N/c1-3-12(2)9-6-7(10)4-5-8(9)11/h4-6H,3H2,1-2H3. The van der Waals surface area contributed by atoms with Crippen molar-refractivity contribution in [2.45, 2.75) is 6.92 Å². The maximum Gasteiger partial charge on any atom is 0.146 e. The molecule has 1 nitrogen and oxygen atoms in total. The number of nitrogens with zero attached hydrogens (tertiary/aromatic N) is 1. The van der Waals surface area contributed by atoms with E-state index in [0.717, 1.165) is 12.1 Å². The third kappa shape index (κ3) is 1.72. The molecule has 0 saturated heterocycles. The minimum atomic E-state index is -0.410. The van der Waals surface area contributed by atoms with E-state index in [4.69, 9.17) is 0 Å². The van der Waals surface area contributed by atoms with Crippen molar-refractivity contribution in [3.8, 4) is 0 Å². The normalized spacial score (nSPS) is 10.0. The number of halogens is 2. The fraction of sp³-hybridized carbons (Fsp3) is 0.333. The van der Waals surface area contributed by atoms with Crippen molar-refractivity contribution in [3.63, 3.8) is 0 Å². The lowest BCUT2D eigenvalue weighted by atomic mass is 10.3. The van der Waals surface area contributed by atoms with Crippen molar-refractivity contribution in [3.05, 3.63) is 29.8 Å². The van der Waals surface area contributed by atoms with Crippen LogP contribution in [0.2, 0.25) is 0 Å². The summed E-state index contributed by atoms with van der Waals surface area (Å²) in [7, 11) is 1.72. The summed E-state index contributed by atoms with van der Waals surface area (Å²) in [6.07, 6.45) is 0. The highest BCUT2D eigenvalue weighted by Crippen LogP contribution is 2.18. The zero-order valence-corrected chi connectivity index (χ0v) is 7.14. The van der Waals surface area contributed by atoms with Gasteiger partial charge in [0.1, 0.15) is 11.6 Å². The van der Waals surface area contributed by atoms with E-state index < -0.39 is 5.82 Å². The third-order valence-corrected chi connectivity index (χ3v) is 1.79. The molecule has 0 aromatic heterocycles. The van der Waals surface area contributed by atoms with Crippen LogP contribution >= 0.6 is 0 Å². The van der Waals surface area contributed by atoms with Gasteiger partial charge in [-0.3, -0.25) is 0 Å². The van der Waals surface area contributed by atoms with E-state index in [2.05, 4.69) is 0 Å². The van der Waals surface area contributed by atoms with Crippen molar-refractivity contribution < 1.29 is 8.78 Å². The van der Waals surface area contributed by atoms with Gasteiger partial charge in [-0.1, -0.05) is 0 Å². The molecule has 0 aliphatic carbocycles. The average molecular weight is 171 g/mol. The second kappa shape index (κ2) is 3.52. The number of hydrogen-bond acceptors (Lipinski definition) is 1. The molecule has 0 heterocycles. The van der Waals surface area contributed by atoms with Gasteiger partial charge in [-0.05, 0) is 19.1 Å². The number of benzene rings is 1. The second-order valence-electron chi connectivity index (χ2n) is 2.61. The van der Waals surface area contributed by atoms with E-state index in [-0.39, 0.29) is 5.82 Å². The molecule has 0 spiro atoms. The molecule has 1 aromatic carbocycles. The van der Waals surface area contributed by atoms with Crippen LogP contribution in [-0.4, -0.2) is 13.6 Å². The Morgan fingerprint density at radius 3 is 2.58 bits per heavy atom. The maximum atomic E-state index is 13.0. The van der Waals surface area contributed by atoms with Gasteiger partial charge in [0.25, 0.3) is 0 Å². The first kappa shape index (κ1) is 8.97. The molecule has 3 heteroatoms. The van der Waals surface area contributed by atoms with Gasteiger partial charge in [0.2, 0.25) is 0 Å². The lowest BCUT2D eigenvalue weighted by Crippen LogP contribution is -2.17. The molecule has 0 aliphatic heterocycles. The van der Waals surface area contributed by atoms with Crippen LogP contribution in [0.15, 0.2) is 18.2 Å². The molecule has 0 amide bonds. The molecule has 0 saturated carbocycles. The molecule has 1 aromatic rings. The first-order valence-corrected chi connectivity index (χ1v) is 3.81.